The Balaban J connectivity index is 4.04. The summed E-state index contributed by atoms with van der Waals surface area (Å²) in [4.78, 5) is 24.7. The maximum atomic E-state index is 12.5. The van der Waals surface area contributed by atoms with Crippen LogP contribution < -0.4 is 0 Å². The van der Waals surface area contributed by atoms with E-state index in [1.807, 2.05) is 0 Å². The van der Waals surface area contributed by atoms with Gasteiger partial charge in [-0.2, -0.15) is 0 Å². The van der Waals surface area contributed by atoms with Gasteiger partial charge in [-0.15, -0.1) is 0 Å². The largest absolute Gasteiger partial charge is 0.465 e. The Morgan fingerprint density at radius 2 is 1.18 bits per heavy atom. The summed E-state index contributed by atoms with van der Waals surface area (Å²) < 4.78 is 5.08. The van der Waals surface area contributed by atoms with Gasteiger partial charge in [0, 0.05) is 6.42 Å². The molecule has 1 N–H and O–H groups in total. The molecule has 0 bridgehead atoms. The third-order valence-electron chi connectivity index (χ3n) is 5.38. The number of rotatable bonds is 20. The topological polar surface area (TPSA) is 63.6 Å². The summed E-state index contributed by atoms with van der Waals surface area (Å²) >= 11 is 0. The van der Waals surface area contributed by atoms with Crippen molar-refractivity contribution in [2.24, 2.45) is 5.92 Å². The number of hydrogen-bond donors (Lipinski definition) is 1. The molecule has 28 heavy (non-hydrogen) atoms. The average molecular weight is 399 g/mol. The molecule has 1 unspecified atom stereocenters. The number of ether oxygens (including phenoxy) is 1. The van der Waals surface area contributed by atoms with Gasteiger partial charge in [0.05, 0.1) is 12.7 Å². The van der Waals surface area contributed by atoms with E-state index in [9.17, 15) is 14.7 Å². The molecule has 4 heteroatoms. The van der Waals surface area contributed by atoms with E-state index >= 15 is 0 Å². The van der Waals surface area contributed by atoms with Gasteiger partial charge in [-0.1, -0.05) is 97.3 Å². The van der Waals surface area contributed by atoms with Crippen LogP contribution in [0.25, 0.3) is 0 Å². The Morgan fingerprint density at radius 1 is 0.714 bits per heavy atom. The van der Waals surface area contributed by atoms with Gasteiger partial charge in [-0.05, 0) is 19.8 Å². The predicted molar refractivity (Wildman–Crippen MR) is 116 cm³/mol. The van der Waals surface area contributed by atoms with Gasteiger partial charge in [0.25, 0.3) is 0 Å². The molecular formula is C24H46O4. The number of carbonyl (C=O) groups is 2. The molecule has 0 aromatic carbocycles. The molecule has 0 saturated heterocycles. The normalized spacial score (nSPS) is 13.3. The highest BCUT2D eigenvalue weighted by Crippen LogP contribution is 2.18. The molecule has 0 fully saturated rings. The number of aliphatic hydroxyl groups excluding tert-OH is 1. The summed E-state index contributed by atoms with van der Waals surface area (Å²) in [5, 5.41) is 10.2. The molecule has 166 valence electrons. The van der Waals surface area contributed by atoms with Gasteiger partial charge in [-0.25, -0.2) is 0 Å². The van der Waals surface area contributed by atoms with Crippen molar-refractivity contribution < 1.29 is 19.4 Å². The molecule has 0 spiro atoms. The minimum absolute atomic E-state index is 0.0777. The minimum Gasteiger partial charge on any atom is -0.465 e. The van der Waals surface area contributed by atoms with E-state index in [1.165, 1.54) is 44.9 Å². The summed E-state index contributed by atoms with van der Waals surface area (Å²) in [5.74, 6) is -1.27. The Labute approximate surface area is 173 Å². The van der Waals surface area contributed by atoms with Gasteiger partial charge < -0.3 is 9.84 Å². The van der Waals surface area contributed by atoms with Crippen molar-refractivity contribution in [2.75, 3.05) is 6.61 Å². The lowest BCUT2D eigenvalue weighted by atomic mass is 9.92. The summed E-state index contributed by atoms with van der Waals surface area (Å²) in [5.41, 5.74) is 0. The van der Waals surface area contributed by atoms with Crippen LogP contribution in [0.2, 0.25) is 0 Å². The highest BCUT2D eigenvalue weighted by Gasteiger charge is 2.28. The van der Waals surface area contributed by atoms with E-state index < -0.39 is 18.0 Å². The third-order valence-corrected chi connectivity index (χ3v) is 5.38. The van der Waals surface area contributed by atoms with E-state index in [0.717, 1.165) is 38.5 Å². The fourth-order valence-electron chi connectivity index (χ4n) is 3.60. The molecule has 0 aliphatic carbocycles. The molecule has 0 saturated carbocycles. The number of aliphatic hydroxyl groups is 1. The minimum atomic E-state index is -0.699. The van der Waals surface area contributed by atoms with Crippen molar-refractivity contribution in [2.45, 2.75) is 130 Å². The average Bonchev–Trinajstić information content (AvgIpc) is 2.66. The van der Waals surface area contributed by atoms with Gasteiger partial charge in [0.1, 0.15) is 11.7 Å². The second kappa shape index (κ2) is 19.4. The zero-order chi connectivity index (χ0) is 21.0. The molecular weight excluding hydrogens is 352 g/mol. The second-order valence-corrected chi connectivity index (χ2v) is 8.10. The molecule has 0 amide bonds. The van der Waals surface area contributed by atoms with E-state index in [4.69, 9.17) is 4.74 Å². The van der Waals surface area contributed by atoms with Crippen LogP contribution in [0.3, 0.4) is 0 Å². The van der Waals surface area contributed by atoms with Crippen LogP contribution in [0.15, 0.2) is 0 Å². The smallest absolute Gasteiger partial charge is 0.316 e. The van der Waals surface area contributed by atoms with Crippen LogP contribution in [0.1, 0.15) is 124 Å². The number of carbonyl (C=O) groups excluding carboxylic acids is 2. The zero-order valence-corrected chi connectivity index (χ0v) is 18.8. The van der Waals surface area contributed by atoms with Gasteiger partial charge in [0.15, 0.2) is 0 Å². The molecule has 0 aliphatic rings. The van der Waals surface area contributed by atoms with Crippen molar-refractivity contribution in [3.05, 3.63) is 0 Å². The fourth-order valence-corrected chi connectivity index (χ4v) is 3.60. The molecule has 0 aromatic rings. The molecule has 0 rings (SSSR count). The van der Waals surface area contributed by atoms with Gasteiger partial charge in [-0.3, -0.25) is 9.59 Å². The predicted octanol–water partition coefficient (Wildman–Crippen LogP) is 6.38. The van der Waals surface area contributed by atoms with E-state index in [1.54, 1.807) is 6.92 Å². The van der Waals surface area contributed by atoms with Crippen molar-refractivity contribution in [1.82, 2.24) is 0 Å². The Hall–Kier alpha value is -0.900. The SMILES string of the molecule is CCCCCCCCCCC[C@@H](O)CC(=O)C(CCCCCC)C(=O)OCC. The van der Waals surface area contributed by atoms with Crippen molar-refractivity contribution in [3.8, 4) is 0 Å². The molecule has 2 atom stereocenters. The van der Waals surface area contributed by atoms with Gasteiger partial charge in [0.2, 0.25) is 0 Å². The Bertz CT molecular complexity index is 381. The maximum absolute atomic E-state index is 12.5. The molecule has 0 aliphatic heterocycles. The van der Waals surface area contributed by atoms with E-state index in [-0.39, 0.29) is 12.2 Å². The summed E-state index contributed by atoms with van der Waals surface area (Å²) in [6, 6.07) is 0. The standard InChI is InChI=1S/C24H46O4/c1-4-7-9-11-12-13-14-15-16-18-21(25)20-23(26)22(24(27)28-6-3)19-17-10-8-5-2/h21-22,25H,4-20H2,1-3H3/t21-,22?/m1/s1. The lowest BCUT2D eigenvalue weighted by Gasteiger charge is -2.17. The highest BCUT2D eigenvalue weighted by atomic mass is 16.5. The quantitative estimate of drug-likeness (QED) is 0.147. The molecule has 0 aromatic heterocycles. The Kier molecular flexibility index (Phi) is 18.8. The van der Waals surface area contributed by atoms with Crippen LogP contribution in [-0.4, -0.2) is 29.6 Å². The maximum Gasteiger partial charge on any atom is 0.316 e. The van der Waals surface area contributed by atoms with E-state index in [2.05, 4.69) is 13.8 Å². The summed E-state index contributed by atoms with van der Waals surface area (Å²) in [6.07, 6.45) is 15.9. The monoisotopic (exact) mass is 398 g/mol. The lowest BCUT2D eigenvalue weighted by Crippen LogP contribution is -2.29. The first-order chi connectivity index (χ1) is 13.6. The first-order valence-corrected chi connectivity index (χ1v) is 11.9. The summed E-state index contributed by atoms with van der Waals surface area (Å²) in [6.45, 7) is 6.42. The number of unbranched alkanes of at least 4 members (excludes halogenated alkanes) is 11. The van der Waals surface area contributed by atoms with Crippen LogP contribution in [0.4, 0.5) is 0 Å². The van der Waals surface area contributed by atoms with Crippen LogP contribution in [0.5, 0.6) is 0 Å². The van der Waals surface area contributed by atoms with Crippen LogP contribution in [-0.2, 0) is 14.3 Å². The highest BCUT2D eigenvalue weighted by molar-refractivity contribution is 5.99. The van der Waals surface area contributed by atoms with E-state index in [0.29, 0.717) is 19.4 Å². The molecule has 0 heterocycles. The second-order valence-electron chi connectivity index (χ2n) is 8.10. The first-order valence-electron chi connectivity index (χ1n) is 11.9. The number of Topliss-reactive ketones (excluding diaryl/α,β-unsaturated/α-hetero) is 1. The lowest BCUT2D eigenvalue weighted by molar-refractivity contribution is -0.152. The van der Waals surface area contributed by atoms with Crippen molar-refractivity contribution in [3.63, 3.8) is 0 Å². The summed E-state index contributed by atoms with van der Waals surface area (Å²) in [7, 11) is 0. The van der Waals surface area contributed by atoms with Crippen molar-refractivity contribution >= 4 is 11.8 Å². The van der Waals surface area contributed by atoms with Crippen molar-refractivity contribution in [1.29, 1.82) is 0 Å². The van der Waals surface area contributed by atoms with Gasteiger partial charge >= 0.3 is 5.97 Å². The molecule has 4 nitrogen and oxygen atoms in total. The number of esters is 1. The van der Waals surface area contributed by atoms with Crippen LogP contribution in [0, 0.1) is 5.92 Å². The first kappa shape index (κ1) is 27.1. The third kappa shape index (κ3) is 15.1. The number of hydrogen-bond acceptors (Lipinski definition) is 4. The Morgan fingerprint density at radius 3 is 1.71 bits per heavy atom. The fraction of sp³-hybridized carbons (Fsp3) is 0.917. The zero-order valence-electron chi connectivity index (χ0n) is 18.8. The molecule has 0 radical (unpaired) electrons. The number of ketones is 1. The van der Waals surface area contributed by atoms with Crippen LogP contribution >= 0.6 is 0 Å².